The van der Waals surface area contributed by atoms with Crippen LogP contribution in [0.2, 0.25) is 0 Å². The molecular formula is C19H35Cl2P. The Morgan fingerprint density at radius 2 is 0.727 bits per heavy atom. The number of alkyl halides is 2. The van der Waals surface area contributed by atoms with Crippen LogP contribution >= 0.6 is 31.1 Å². The summed E-state index contributed by atoms with van der Waals surface area (Å²) in [5, 5.41) is 0.194. The number of rotatable bonds is 3. The van der Waals surface area contributed by atoms with E-state index in [9.17, 15) is 0 Å². The Morgan fingerprint density at radius 3 is 0.955 bits per heavy atom. The summed E-state index contributed by atoms with van der Waals surface area (Å²) in [7, 11) is 0.385. The fourth-order valence-electron chi connectivity index (χ4n) is 5.03. The van der Waals surface area contributed by atoms with E-state index < -0.39 is 0 Å². The predicted molar refractivity (Wildman–Crippen MR) is 104 cm³/mol. The van der Waals surface area contributed by atoms with Crippen LogP contribution in [0.4, 0.5) is 0 Å². The highest BCUT2D eigenvalue weighted by atomic mass is 35.5. The molecule has 0 aliphatic heterocycles. The van der Waals surface area contributed by atoms with E-state index in [0.29, 0.717) is 7.92 Å². The molecule has 22 heavy (non-hydrogen) atoms. The van der Waals surface area contributed by atoms with E-state index in [1.54, 1.807) is 77.0 Å². The van der Waals surface area contributed by atoms with Gasteiger partial charge in [-0.2, -0.15) is 0 Å². The monoisotopic (exact) mass is 364 g/mol. The van der Waals surface area contributed by atoms with Crippen molar-refractivity contribution in [3.63, 3.8) is 0 Å². The topological polar surface area (TPSA) is 0 Å². The standard InChI is InChI=1S/C18H33P.CH2Cl2/c1-4-10-16(11-5-1)19(17-12-6-2-7-13-17)18-14-8-3-9-15-18;2-1-3/h16-18H,1-15H2;1H2. The van der Waals surface area contributed by atoms with E-state index in [2.05, 4.69) is 0 Å². The Morgan fingerprint density at radius 1 is 0.500 bits per heavy atom. The van der Waals surface area contributed by atoms with E-state index in [-0.39, 0.29) is 5.34 Å². The van der Waals surface area contributed by atoms with Crippen molar-refractivity contribution in [2.24, 2.45) is 0 Å². The molecule has 0 atom stereocenters. The van der Waals surface area contributed by atoms with Gasteiger partial charge in [-0.15, -0.1) is 23.2 Å². The summed E-state index contributed by atoms with van der Waals surface area (Å²) in [6.07, 6.45) is 23.6. The lowest BCUT2D eigenvalue weighted by molar-refractivity contribution is 0.460. The highest BCUT2D eigenvalue weighted by molar-refractivity contribution is 7.60. The molecule has 3 aliphatic carbocycles. The molecule has 0 aromatic carbocycles. The second-order valence-electron chi connectivity index (χ2n) is 7.42. The fourth-order valence-corrected chi connectivity index (χ4v) is 9.71. The van der Waals surface area contributed by atoms with Crippen molar-refractivity contribution in [2.45, 2.75) is 113 Å². The van der Waals surface area contributed by atoms with Crippen LogP contribution in [0, 0.1) is 0 Å². The molecule has 0 radical (unpaired) electrons. The quantitative estimate of drug-likeness (QED) is 0.352. The van der Waals surface area contributed by atoms with Crippen LogP contribution in [0.25, 0.3) is 0 Å². The Hall–Kier alpha value is 1.01. The first-order valence-corrected chi connectivity index (χ1v) is 12.4. The van der Waals surface area contributed by atoms with Gasteiger partial charge < -0.3 is 0 Å². The maximum absolute atomic E-state index is 4.76. The highest BCUT2D eigenvalue weighted by Gasteiger charge is 2.36. The van der Waals surface area contributed by atoms with Crippen LogP contribution in [-0.2, 0) is 0 Å². The zero-order chi connectivity index (χ0) is 15.6. The largest absolute Gasteiger partial charge is 0.109 e. The van der Waals surface area contributed by atoms with Crippen LogP contribution in [0.15, 0.2) is 0 Å². The van der Waals surface area contributed by atoms with Crippen molar-refractivity contribution in [1.82, 2.24) is 0 Å². The minimum atomic E-state index is 0.194. The van der Waals surface area contributed by atoms with Crippen LogP contribution in [0.1, 0.15) is 96.3 Å². The molecule has 0 spiro atoms. The van der Waals surface area contributed by atoms with Gasteiger partial charge in [-0.1, -0.05) is 65.7 Å². The smallest absolute Gasteiger partial charge is 0.0967 e. The van der Waals surface area contributed by atoms with E-state index >= 15 is 0 Å². The van der Waals surface area contributed by atoms with E-state index in [1.165, 1.54) is 36.2 Å². The molecule has 3 aliphatic rings. The lowest BCUT2D eigenvalue weighted by Crippen LogP contribution is -2.28. The van der Waals surface area contributed by atoms with Gasteiger partial charge in [-0.3, -0.25) is 0 Å². The zero-order valence-corrected chi connectivity index (χ0v) is 16.7. The molecule has 0 heterocycles. The molecule has 130 valence electrons. The van der Waals surface area contributed by atoms with Gasteiger partial charge in [0.05, 0.1) is 5.34 Å². The molecule has 0 saturated heterocycles. The summed E-state index contributed by atoms with van der Waals surface area (Å²) >= 11 is 9.53. The molecular weight excluding hydrogens is 330 g/mol. The summed E-state index contributed by atoms with van der Waals surface area (Å²) < 4.78 is 0. The van der Waals surface area contributed by atoms with Crippen molar-refractivity contribution in [3.8, 4) is 0 Å². The zero-order valence-electron chi connectivity index (χ0n) is 14.2. The van der Waals surface area contributed by atoms with Crippen LogP contribution < -0.4 is 0 Å². The third-order valence-electron chi connectivity index (χ3n) is 5.99. The Bertz CT molecular complexity index is 224. The fraction of sp³-hybridized carbons (Fsp3) is 1.00. The first-order chi connectivity index (χ1) is 10.9. The maximum Gasteiger partial charge on any atom is 0.0967 e. The molecule has 0 bridgehead atoms. The molecule has 0 unspecified atom stereocenters. The first-order valence-electron chi connectivity index (χ1n) is 9.76. The molecule has 3 fully saturated rings. The third kappa shape index (κ3) is 6.14. The average molecular weight is 365 g/mol. The van der Waals surface area contributed by atoms with Crippen LogP contribution in [0.3, 0.4) is 0 Å². The Balaban J connectivity index is 0.000000545. The third-order valence-corrected chi connectivity index (χ3v) is 10.1. The lowest BCUT2D eigenvalue weighted by Gasteiger charge is -2.44. The molecule has 3 heteroatoms. The summed E-state index contributed by atoms with van der Waals surface area (Å²) in [5.74, 6) is 0. The summed E-state index contributed by atoms with van der Waals surface area (Å²) in [4.78, 5) is 0. The van der Waals surface area contributed by atoms with Crippen molar-refractivity contribution >= 4 is 31.1 Å². The van der Waals surface area contributed by atoms with Crippen molar-refractivity contribution in [2.75, 3.05) is 5.34 Å². The first kappa shape index (κ1) is 19.3. The molecule has 0 amide bonds. The number of hydrogen-bond acceptors (Lipinski definition) is 0. The van der Waals surface area contributed by atoms with Crippen LogP contribution in [0.5, 0.6) is 0 Å². The van der Waals surface area contributed by atoms with Gasteiger partial charge in [0.1, 0.15) is 0 Å². The van der Waals surface area contributed by atoms with E-state index in [0.717, 1.165) is 0 Å². The van der Waals surface area contributed by atoms with Crippen molar-refractivity contribution in [1.29, 1.82) is 0 Å². The predicted octanol–water partition coefficient (Wildman–Crippen LogP) is 7.89. The van der Waals surface area contributed by atoms with Crippen LogP contribution in [-0.4, -0.2) is 22.3 Å². The van der Waals surface area contributed by atoms with Gasteiger partial charge in [-0.05, 0) is 55.5 Å². The molecule has 0 aromatic rings. The lowest BCUT2D eigenvalue weighted by atomic mass is 9.99. The minimum Gasteiger partial charge on any atom is -0.109 e. The highest BCUT2D eigenvalue weighted by Crippen LogP contribution is 2.61. The molecule has 0 aromatic heterocycles. The Kier molecular flexibility index (Phi) is 10.1. The second kappa shape index (κ2) is 11.5. The molecule has 3 rings (SSSR count). The summed E-state index contributed by atoms with van der Waals surface area (Å²) in [5.41, 5.74) is 3.57. The van der Waals surface area contributed by atoms with Gasteiger partial charge in [0.15, 0.2) is 0 Å². The van der Waals surface area contributed by atoms with Gasteiger partial charge in [0, 0.05) is 0 Å². The second-order valence-corrected chi connectivity index (χ2v) is 11.3. The SMILES string of the molecule is C1CCC(P(C2CCCCC2)C2CCCCC2)CC1.ClCCl. The van der Waals surface area contributed by atoms with E-state index in [4.69, 9.17) is 23.2 Å². The summed E-state index contributed by atoms with van der Waals surface area (Å²) in [6.45, 7) is 0. The van der Waals surface area contributed by atoms with Gasteiger partial charge in [-0.25, -0.2) is 0 Å². The Labute approximate surface area is 149 Å². The molecule has 0 nitrogen and oxygen atoms in total. The normalized spacial score (nSPS) is 25.8. The average Bonchev–Trinajstić information content (AvgIpc) is 2.59. The minimum absolute atomic E-state index is 0.194. The molecule has 3 saturated carbocycles. The maximum atomic E-state index is 4.76. The molecule has 0 N–H and O–H groups in total. The van der Waals surface area contributed by atoms with Crippen molar-refractivity contribution < 1.29 is 0 Å². The van der Waals surface area contributed by atoms with Crippen molar-refractivity contribution in [3.05, 3.63) is 0 Å². The number of halogens is 2. The number of hydrogen-bond donors (Lipinski definition) is 0. The van der Waals surface area contributed by atoms with Gasteiger partial charge in [0.25, 0.3) is 0 Å². The van der Waals surface area contributed by atoms with Gasteiger partial charge >= 0.3 is 0 Å². The summed E-state index contributed by atoms with van der Waals surface area (Å²) in [6, 6.07) is 0. The van der Waals surface area contributed by atoms with E-state index in [1.807, 2.05) is 0 Å². The van der Waals surface area contributed by atoms with Gasteiger partial charge in [0.2, 0.25) is 0 Å².